The molecule has 0 aromatic carbocycles. The van der Waals surface area contributed by atoms with Crippen molar-refractivity contribution in [1.82, 2.24) is 9.80 Å². The van der Waals surface area contributed by atoms with E-state index in [-0.39, 0.29) is 30.7 Å². The van der Waals surface area contributed by atoms with Gasteiger partial charge in [-0.15, -0.1) is 0 Å². The molecule has 0 aliphatic carbocycles. The molecule has 0 bridgehead atoms. The van der Waals surface area contributed by atoms with Crippen LogP contribution in [0, 0.1) is 0 Å². The van der Waals surface area contributed by atoms with E-state index in [0.29, 0.717) is 31.3 Å². The number of nitrogens with zero attached hydrogens (tertiary/aromatic N) is 2. The van der Waals surface area contributed by atoms with Crippen LogP contribution in [-0.4, -0.2) is 72.8 Å². The molecule has 0 aromatic heterocycles. The molecule has 2 amide bonds. The molecule has 2 fully saturated rings. The highest BCUT2D eigenvalue weighted by molar-refractivity contribution is 8.04. The Kier molecular flexibility index (Phi) is 5.63. The lowest BCUT2D eigenvalue weighted by Crippen LogP contribution is -2.45. The predicted molar refractivity (Wildman–Crippen MR) is 76.3 cm³/mol. The van der Waals surface area contributed by atoms with Crippen LogP contribution < -0.4 is 0 Å². The number of hydrogen-bond donors (Lipinski definition) is 0. The van der Waals surface area contributed by atoms with E-state index in [1.54, 1.807) is 11.8 Å². The second-order valence-electron chi connectivity index (χ2n) is 4.50. The summed E-state index contributed by atoms with van der Waals surface area (Å²) in [6.45, 7) is 4.03. The van der Waals surface area contributed by atoms with E-state index in [2.05, 4.69) is 0 Å². The summed E-state index contributed by atoms with van der Waals surface area (Å²) >= 11 is 1.24. The molecule has 0 spiro atoms. The molecule has 0 aromatic rings. The van der Waals surface area contributed by atoms with Crippen molar-refractivity contribution < 1.29 is 23.9 Å². The largest absolute Gasteiger partial charge is 0.463 e. The van der Waals surface area contributed by atoms with Gasteiger partial charge in [-0.25, -0.2) is 4.79 Å². The first-order valence-corrected chi connectivity index (χ1v) is 7.77. The van der Waals surface area contributed by atoms with Crippen molar-refractivity contribution in [2.24, 2.45) is 0 Å². The smallest absolute Gasteiger partial charge is 0.333 e. The van der Waals surface area contributed by atoms with Gasteiger partial charge in [0.25, 0.3) is 0 Å². The second-order valence-corrected chi connectivity index (χ2v) is 5.49. The molecule has 2 aliphatic rings. The summed E-state index contributed by atoms with van der Waals surface area (Å²) in [4.78, 5) is 38.5. The topological polar surface area (TPSA) is 76.2 Å². The fraction of sp³-hybridized carbons (Fsp3) is 0.615. The third kappa shape index (κ3) is 4.21. The van der Waals surface area contributed by atoms with Gasteiger partial charge in [0.05, 0.1) is 36.7 Å². The second kappa shape index (κ2) is 7.46. The molecule has 0 unspecified atom stereocenters. The highest BCUT2D eigenvalue weighted by Gasteiger charge is 2.31. The fourth-order valence-electron chi connectivity index (χ4n) is 2.03. The molecule has 2 heterocycles. The maximum absolute atomic E-state index is 12.2. The average Bonchev–Trinajstić information content (AvgIpc) is 2.81. The van der Waals surface area contributed by atoms with Gasteiger partial charge < -0.3 is 14.4 Å². The lowest BCUT2D eigenvalue weighted by Gasteiger charge is -2.28. The minimum absolute atomic E-state index is 0.0446. The summed E-state index contributed by atoms with van der Waals surface area (Å²) in [5.74, 6) is -0.568. The summed E-state index contributed by atoms with van der Waals surface area (Å²) in [6.07, 6.45) is 1.27. The molecule has 0 atom stereocenters. The number of carbonyl (C=O) groups is 3. The van der Waals surface area contributed by atoms with Crippen molar-refractivity contribution in [1.29, 1.82) is 0 Å². The van der Waals surface area contributed by atoms with Crippen LogP contribution in [0.15, 0.2) is 11.1 Å². The Balaban J connectivity index is 1.99. The Labute approximate surface area is 127 Å². The van der Waals surface area contributed by atoms with E-state index in [9.17, 15) is 14.4 Å². The molecule has 2 saturated heterocycles. The van der Waals surface area contributed by atoms with Gasteiger partial charge in [-0.05, 0) is 6.92 Å². The summed E-state index contributed by atoms with van der Waals surface area (Å²) < 4.78 is 10.0. The van der Waals surface area contributed by atoms with Crippen molar-refractivity contribution >= 4 is 29.5 Å². The van der Waals surface area contributed by atoms with Gasteiger partial charge in [0.1, 0.15) is 6.54 Å². The summed E-state index contributed by atoms with van der Waals surface area (Å²) in [5, 5.41) is 0.472. The van der Waals surface area contributed by atoms with E-state index >= 15 is 0 Å². The standard InChI is InChI=1S/C13H18N2O5S/c1-2-20-13(18)7-12-15(11(17)9-21-12)8-10(16)14-3-5-19-6-4-14/h7H,2-6,8-9H2,1H3. The van der Waals surface area contributed by atoms with E-state index in [0.717, 1.165) is 0 Å². The quantitative estimate of drug-likeness (QED) is 0.529. The summed E-state index contributed by atoms with van der Waals surface area (Å²) in [7, 11) is 0. The number of thioether (sulfide) groups is 1. The predicted octanol–water partition coefficient (Wildman–Crippen LogP) is -0.175. The molecule has 2 aliphatic heterocycles. The van der Waals surface area contributed by atoms with Crippen molar-refractivity contribution in [3.05, 3.63) is 11.1 Å². The van der Waals surface area contributed by atoms with Crippen LogP contribution >= 0.6 is 11.8 Å². The fourth-order valence-corrected chi connectivity index (χ4v) is 2.96. The lowest BCUT2D eigenvalue weighted by atomic mass is 10.3. The maximum Gasteiger partial charge on any atom is 0.333 e. The van der Waals surface area contributed by atoms with Crippen molar-refractivity contribution in [2.45, 2.75) is 6.92 Å². The van der Waals surface area contributed by atoms with Gasteiger partial charge in [0.15, 0.2) is 0 Å². The number of amides is 2. The third-order valence-electron chi connectivity index (χ3n) is 3.10. The zero-order valence-corrected chi connectivity index (χ0v) is 12.7. The summed E-state index contributed by atoms with van der Waals surface area (Å²) in [5.41, 5.74) is 0. The number of hydrogen-bond acceptors (Lipinski definition) is 6. The Hall–Kier alpha value is -1.54. The minimum atomic E-state index is -0.501. The van der Waals surface area contributed by atoms with E-state index in [1.807, 2.05) is 0 Å². The Bertz CT molecular complexity index is 459. The highest BCUT2D eigenvalue weighted by Crippen LogP contribution is 2.28. The molecule has 7 nitrogen and oxygen atoms in total. The molecule has 21 heavy (non-hydrogen) atoms. The van der Waals surface area contributed by atoms with Crippen LogP contribution in [0.5, 0.6) is 0 Å². The van der Waals surface area contributed by atoms with Crippen LogP contribution in [0.4, 0.5) is 0 Å². The number of esters is 1. The number of rotatable bonds is 4. The number of ether oxygens (including phenoxy) is 2. The Morgan fingerprint density at radius 1 is 1.38 bits per heavy atom. The van der Waals surface area contributed by atoms with Crippen LogP contribution in [0.1, 0.15) is 6.92 Å². The van der Waals surface area contributed by atoms with Gasteiger partial charge in [0, 0.05) is 13.1 Å². The van der Waals surface area contributed by atoms with Crippen molar-refractivity contribution in [3.63, 3.8) is 0 Å². The molecule has 0 radical (unpaired) electrons. The first-order valence-electron chi connectivity index (χ1n) is 6.79. The Morgan fingerprint density at radius 2 is 2.10 bits per heavy atom. The first kappa shape index (κ1) is 15.8. The van der Waals surface area contributed by atoms with Crippen molar-refractivity contribution in [2.75, 3.05) is 45.2 Å². The van der Waals surface area contributed by atoms with Gasteiger partial charge >= 0.3 is 5.97 Å². The average molecular weight is 314 g/mol. The SMILES string of the molecule is CCOC(=O)C=C1SCC(=O)N1CC(=O)N1CCOCC1. The molecule has 8 heteroatoms. The molecule has 0 N–H and O–H groups in total. The van der Waals surface area contributed by atoms with E-state index < -0.39 is 5.97 Å². The molecular weight excluding hydrogens is 296 g/mol. The van der Waals surface area contributed by atoms with Crippen LogP contribution in [-0.2, 0) is 23.9 Å². The first-order chi connectivity index (χ1) is 10.1. The zero-order chi connectivity index (χ0) is 15.2. The molecular formula is C13H18N2O5S. The van der Waals surface area contributed by atoms with Gasteiger partial charge in [-0.1, -0.05) is 11.8 Å². The van der Waals surface area contributed by atoms with E-state index in [4.69, 9.17) is 9.47 Å². The van der Waals surface area contributed by atoms with Crippen LogP contribution in [0.25, 0.3) is 0 Å². The van der Waals surface area contributed by atoms with Crippen molar-refractivity contribution in [3.8, 4) is 0 Å². The van der Waals surface area contributed by atoms with Gasteiger partial charge in [0.2, 0.25) is 11.8 Å². The van der Waals surface area contributed by atoms with Crippen LogP contribution in [0.2, 0.25) is 0 Å². The van der Waals surface area contributed by atoms with Gasteiger partial charge in [-0.2, -0.15) is 0 Å². The van der Waals surface area contributed by atoms with E-state index in [1.165, 1.54) is 22.7 Å². The molecule has 0 saturated carbocycles. The van der Waals surface area contributed by atoms with Gasteiger partial charge in [-0.3, -0.25) is 14.5 Å². The lowest BCUT2D eigenvalue weighted by molar-refractivity contribution is -0.140. The monoisotopic (exact) mass is 314 g/mol. The summed E-state index contributed by atoms with van der Waals surface area (Å²) in [6, 6.07) is 0. The zero-order valence-electron chi connectivity index (χ0n) is 11.9. The highest BCUT2D eigenvalue weighted by atomic mass is 32.2. The number of morpholine rings is 1. The minimum Gasteiger partial charge on any atom is -0.463 e. The molecule has 116 valence electrons. The van der Waals surface area contributed by atoms with Crippen LogP contribution in [0.3, 0.4) is 0 Å². The third-order valence-corrected chi connectivity index (χ3v) is 4.12. The maximum atomic E-state index is 12.2. The Morgan fingerprint density at radius 3 is 2.76 bits per heavy atom. The normalized spacial score (nSPS) is 21.0. The molecule has 2 rings (SSSR count). The number of carbonyl (C=O) groups excluding carboxylic acids is 3.